The van der Waals surface area contributed by atoms with E-state index in [4.69, 9.17) is 17.0 Å². The molecule has 70 valence electrons. The van der Waals surface area contributed by atoms with Crippen molar-refractivity contribution in [2.24, 2.45) is 0 Å². The van der Waals surface area contributed by atoms with Crippen molar-refractivity contribution in [1.29, 1.82) is 0 Å². The summed E-state index contributed by atoms with van der Waals surface area (Å²) in [6.45, 7) is 0. The first-order valence-corrected chi connectivity index (χ1v) is 5.24. The van der Waals surface area contributed by atoms with Crippen molar-refractivity contribution < 1.29 is 4.74 Å². The molecular formula is C10H11BrOS. The summed E-state index contributed by atoms with van der Waals surface area (Å²) in [5.74, 6) is 0. The van der Waals surface area contributed by atoms with E-state index in [0.29, 0.717) is 5.05 Å². The lowest BCUT2D eigenvalue weighted by Gasteiger charge is -2.02. The summed E-state index contributed by atoms with van der Waals surface area (Å²) >= 11 is 8.34. The molecular weight excluding hydrogens is 248 g/mol. The number of hydrogen-bond acceptors (Lipinski definition) is 2. The number of aryl methyl sites for hydroxylation is 1. The Hall–Kier alpha value is -0.410. The van der Waals surface area contributed by atoms with Gasteiger partial charge in [0.15, 0.2) is 5.05 Å². The van der Waals surface area contributed by atoms with Gasteiger partial charge in [0.25, 0.3) is 0 Å². The Morgan fingerprint density at radius 1 is 1.38 bits per heavy atom. The third-order valence-electron chi connectivity index (χ3n) is 1.76. The Morgan fingerprint density at radius 2 is 2.00 bits per heavy atom. The molecule has 0 aromatic heterocycles. The van der Waals surface area contributed by atoms with Gasteiger partial charge in [0.2, 0.25) is 0 Å². The van der Waals surface area contributed by atoms with Crippen LogP contribution in [0.3, 0.4) is 0 Å². The van der Waals surface area contributed by atoms with Crippen LogP contribution in [0.4, 0.5) is 0 Å². The quantitative estimate of drug-likeness (QED) is 0.770. The van der Waals surface area contributed by atoms with Crippen LogP contribution in [0.1, 0.15) is 12.0 Å². The minimum atomic E-state index is 0.669. The predicted octanol–water partition coefficient (Wildman–Crippen LogP) is 3.36. The van der Waals surface area contributed by atoms with E-state index in [0.717, 1.165) is 17.3 Å². The third kappa shape index (κ3) is 3.87. The van der Waals surface area contributed by atoms with Gasteiger partial charge in [-0.15, -0.1) is 0 Å². The van der Waals surface area contributed by atoms with Crippen LogP contribution in [0.2, 0.25) is 0 Å². The maximum absolute atomic E-state index is 4.95. The molecule has 13 heavy (non-hydrogen) atoms. The lowest BCUT2D eigenvalue weighted by molar-refractivity contribution is 0.402. The zero-order chi connectivity index (χ0) is 9.68. The Morgan fingerprint density at radius 3 is 2.54 bits per heavy atom. The van der Waals surface area contributed by atoms with Crippen LogP contribution in [0.5, 0.6) is 0 Å². The van der Waals surface area contributed by atoms with Gasteiger partial charge in [-0.25, -0.2) is 0 Å². The normalized spacial score (nSPS) is 9.69. The molecule has 1 rings (SSSR count). The van der Waals surface area contributed by atoms with Gasteiger partial charge in [-0.05, 0) is 36.3 Å². The van der Waals surface area contributed by atoms with Crippen molar-refractivity contribution in [3.63, 3.8) is 0 Å². The van der Waals surface area contributed by atoms with E-state index < -0.39 is 0 Å². The maximum Gasteiger partial charge on any atom is 0.159 e. The average Bonchev–Trinajstić information content (AvgIpc) is 2.16. The van der Waals surface area contributed by atoms with Crippen molar-refractivity contribution in [3.05, 3.63) is 34.3 Å². The molecule has 0 atom stereocenters. The molecule has 0 amide bonds. The molecule has 1 aromatic carbocycles. The SMILES string of the molecule is COC(=S)CCc1ccc(Br)cc1. The van der Waals surface area contributed by atoms with Crippen LogP contribution < -0.4 is 0 Å². The van der Waals surface area contributed by atoms with E-state index in [-0.39, 0.29) is 0 Å². The third-order valence-corrected chi connectivity index (χ3v) is 2.66. The van der Waals surface area contributed by atoms with Crippen LogP contribution in [-0.2, 0) is 11.2 Å². The first-order valence-electron chi connectivity index (χ1n) is 4.03. The number of benzene rings is 1. The Kier molecular flexibility index (Phi) is 4.39. The molecule has 1 aromatic rings. The molecule has 0 unspecified atom stereocenters. The first-order chi connectivity index (χ1) is 6.22. The highest BCUT2D eigenvalue weighted by Gasteiger charge is 1.97. The molecule has 0 N–H and O–H groups in total. The maximum atomic E-state index is 4.95. The molecule has 0 radical (unpaired) electrons. The molecule has 0 aliphatic rings. The minimum Gasteiger partial charge on any atom is -0.490 e. The van der Waals surface area contributed by atoms with E-state index in [1.54, 1.807) is 7.11 Å². The van der Waals surface area contributed by atoms with Gasteiger partial charge >= 0.3 is 0 Å². The lowest BCUT2D eigenvalue weighted by Crippen LogP contribution is -1.98. The smallest absolute Gasteiger partial charge is 0.159 e. The number of ether oxygens (including phenoxy) is 1. The van der Waals surface area contributed by atoms with E-state index >= 15 is 0 Å². The monoisotopic (exact) mass is 258 g/mol. The second kappa shape index (κ2) is 5.35. The highest BCUT2D eigenvalue weighted by Crippen LogP contribution is 2.12. The Labute approximate surface area is 92.2 Å². The number of hydrogen-bond donors (Lipinski definition) is 0. The van der Waals surface area contributed by atoms with Gasteiger partial charge in [0.1, 0.15) is 0 Å². The summed E-state index contributed by atoms with van der Waals surface area (Å²) in [6, 6.07) is 8.24. The second-order valence-electron chi connectivity index (χ2n) is 2.70. The zero-order valence-electron chi connectivity index (χ0n) is 7.42. The molecule has 0 fully saturated rings. The topological polar surface area (TPSA) is 9.23 Å². The van der Waals surface area contributed by atoms with Crippen LogP contribution in [0.25, 0.3) is 0 Å². The molecule has 0 aliphatic carbocycles. The summed E-state index contributed by atoms with van der Waals surface area (Å²) < 4.78 is 6.02. The summed E-state index contributed by atoms with van der Waals surface area (Å²) in [5, 5.41) is 0.669. The molecule has 3 heteroatoms. The largest absolute Gasteiger partial charge is 0.490 e. The van der Waals surface area contributed by atoms with Gasteiger partial charge in [-0.2, -0.15) is 0 Å². The molecule has 0 spiro atoms. The molecule has 0 bridgehead atoms. The van der Waals surface area contributed by atoms with E-state index in [1.165, 1.54) is 5.56 Å². The minimum absolute atomic E-state index is 0.669. The van der Waals surface area contributed by atoms with Crippen molar-refractivity contribution in [1.82, 2.24) is 0 Å². The fraction of sp³-hybridized carbons (Fsp3) is 0.300. The first kappa shape index (κ1) is 10.7. The van der Waals surface area contributed by atoms with Crippen LogP contribution >= 0.6 is 28.1 Å². The number of halogens is 1. The summed E-state index contributed by atoms with van der Waals surface area (Å²) in [7, 11) is 1.61. The average molecular weight is 259 g/mol. The molecule has 0 heterocycles. The van der Waals surface area contributed by atoms with Crippen LogP contribution in [0.15, 0.2) is 28.7 Å². The number of rotatable bonds is 3. The highest BCUT2D eigenvalue weighted by atomic mass is 79.9. The van der Waals surface area contributed by atoms with Gasteiger partial charge < -0.3 is 4.74 Å². The van der Waals surface area contributed by atoms with Crippen molar-refractivity contribution in [3.8, 4) is 0 Å². The summed E-state index contributed by atoms with van der Waals surface area (Å²) in [6.07, 6.45) is 1.76. The van der Waals surface area contributed by atoms with Crippen LogP contribution in [0, 0.1) is 0 Å². The predicted molar refractivity (Wildman–Crippen MR) is 62.1 cm³/mol. The fourth-order valence-corrected chi connectivity index (χ4v) is 1.37. The van der Waals surface area contributed by atoms with E-state index in [1.807, 2.05) is 12.1 Å². The summed E-state index contributed by atoms with van der Waals surface area (Å²) in [5.41, 5.74) is 1.28. The number of thiocarbonyl (C=S) groups is 1. The van der Waals surface area contributed by atoms with Gasteiger partial charge in [0, 0.05) is 10.9 Å². The number of methoxy groups -OCH3 is 1. The van der Waals surface area contributed by atoms with Crippen molar-refractivity contribution in [2.45, 2.75) is 12.8 Å². The van der Waals surface area contributed by atoms with E-state index in [9.17, 15) is 0 Å². The summed E-state index contributed by atoms with van der Waals surface area (Å²) in [4.78, 5) is 0. The zero-order valence-corrected chi connectivity index (χ0v) is 9.82. The van der Waals surface area contributed by atoms with Crippen molar-refractivity contribution in [2.75, 3.05) is 7.11 Å². The molecule has 0 aliphatic heterocycles. The molecule has 0 saturated carbocycles. The molecule has 0 saturated heterocycles. The van der Waals surface area contributed by atoms with Gasteiger partial charge in [-0.1, -0.05) is 28.1 Å². The van der Waals surface area contributed by atoms with Crippen molar-refractivity contribution >= 4 is 33.2 Å². The highest BCUT2D eigenvalue weighted by molar-refractivity contribution is 9.10. The van der Waals surface area contributed by atoms with E-state index in [2.05, 4.69) is 28.1 Å². The van der Waals surface area contributed by atoms with Gasteiger partial charge in [-0.3, -0.25) is 0 Å². The van der Waals surface area contributed by atoms with Crippen LogP contribution in [-0.4, -0.2) is 12.2 Å². The second-order valence-corrected chi connectivity index (χ2v) is 4.07. The molecule has 1 nitrogen and oxygen atoms in total. The Balaban J connectivity index is 2.46. The Bertz CT molecular complexity index is 281. The lowest BCUT2D eigenvalue weighted by atomic mass is 10.1. The van der Waals surface area contributed by atoms with Gasteiger partial charge in [0.05, 0.1) is 7.11 Å². The standard InChI is InChI=1S/C10H11BrOS/c1-12-10(13)7-4-8-2-5-9(11)6-3-8/h2-3,5-6H,4,7H2,1H3. The fourth-order valence-electron chi connectivity index (χ4n) is 1.000.